The number of fused-ring (bicyclic) bond motifs is 1. The summed E-state index contributed by atoms with van der Waals surface area (Å²) in [5, 5.41) is 0. The van der Waals surface area contributed by atoms with E-state index in [4.69, 9.17) is 0 Å². The van der Waals surface area contributed by atoms with Gasteiger partial charge in [0.2, 0.25) is 5.91 Å². The van der Waals surface area contributed by atoms with Crippen LogP contribution in [-0.2, 0) is 4.79 Å². The summed E-state index contributed by atoms with van der Waals surface area (Å²) in [6, 6.07) is 0.617. The van der Waals surface area contributed by atoms with Gasteiger partial charge in [0.15, 0.2) is 0 Å². The number of carbonyl (C=O) groups excluding carboxylic acids is 1. The molecule has 0 N–H and O–H groups in total. The Morgan fingerprint density at radius 1 is 1.27 bits per heavy atom. The van der Waals surface area contributed by atoms with Crippen LogP contribution >= 0.6 is 0 Å². The molecule has 0 aliphatic carbocycles. The van der Waals surface area contributed by atoms with Gasteiger partial charge in [-0.3, -0.25) is 4.79 Å². The van der Waals surface area contributed by atoms with Crippen LogP contribution in [0.15, 0.2) is 0 Å². The third kappa shape index (κ3) is 4.86. The van der Waals surface area contributed by atoms with Crippen molar-refractivity contribution in [3.05, 3.63) is 0 Å². The molecule has 0 saturated carbocycles. The normalized spacial score (nSPS) is 27.0. The van der Waals surface area contributed by atoms with Gasteiger partial charge in [-0.1, -0.05) is 6.92 Å². The molecule has 22 heavy (non-hydrogen) atoms. The van der Waals surface area contributed by atoms with Gasteiger partial charge in [0.05, 0.1) is 0 Å². The zero-order valence-corrected chi connectivity index (χ0v) is 13.4. The van der Waals surface area contributed by atoms with E-state index >= 15 is 0 Å². The molecule has 3 nitrogen and oxygen atoms in total. The van der Waals surface area contributed by atoms with Crippen molar-refractivity contribution in [3.8, 4) is 0 Å². The number of amides is 1. The predicted molar refractivity (Wildman–Crippen MR) is 79.5 cm³/mol. The Morgan fingerprint density at radius 3 is 2.73 bits per heavy atom. The molecule has 0 spiro atoms. The fourth-order valence-electron chi connectivity index (χ4n) is 3.89. The van der Waals surface area contributed by atoms with Crippen LogP contribution in [0.3, 0.4) is 0 Å². The lowest BCUT2D eigenvalue weighted by molar-refractivity contribution is -0.137. The SMILES string of the molecule is CCN(CCCC(F)(F)F)C1CCCC(=O)N2CCC[C@@H]2C1. The minimum Gasteiger partial charge on any atom is -0.340 e. The lowest BCUT2D eigenvalue weighted by Gasteiger charge is -2.37. The minimum atomic E-state index is -4.06. The summed E-state index contributed by atoms with van der Waals surface area (Å²) in [5.74, 6) is 0.265. The summed E-state index contributed by atoms with van der Waals surface area (Å²) in [7, 11) is 0. The fourth-order valence-corrected chi connectivity index (χ4v) is 3.89. The molecule has 0 aromatic rings. The number of hydrogen-bond donors (Lipinski definition) is 0. The van der Waals surface area contributed by atoms with Crippen molar-refractivity contribution < 1.29 is 18.0 Å². The zero-order valence-electron chi connectivity index (χ0n) is 13.4. The van der Waals surface area contributed by atoms with E-state index in [1.54, 1.807) is 0 Å². The van der Waals surface area contributed by atoms with Crippen molar-refractivity contribution in [1.29, 1.82) is 0 Å². The first-order valence-corrected chi connectivity index (χ1v) is 8.51. The molecule has 2 saturated heterocycles. The number of rotatable bonds is 5. The molecule has 1 unspecified atom stereocenters. The molecule has 2 rings (SSSR count). The van der Waals surface area contributed by atoms with E-state index in [2.05, 4.69) is 4.90 Å². The number of nitrogens with zero attached hydrogens (tertiary/aromatic N) is 2. The maximum atomic E-state index is 12.3. The van der Waals surface area contributed by atoms with Crippen molar-refractivity contribution in [3.63, 3.8) is 0 Å². The molecular weight excluding hydrogens is 293 g/mol. The topological polar surface area (TPSA) is 23.6 Å². The van der Waals surface area contributed by atoms with E-state index < -0.39 is 12.6 Å². The van der Waals surface area contributed by atoms with E-state index in [0.717, 1.165) is 45.2 Å². The first-order valence-electron chi connectivity index (χ1n) is 8.51. The highest BCUT2D eigenvalue weighted by molar-refractivity contribution is 5.76. The van der Waals surface area contributed by atoms with E-state index in [1.807, 2.05) is 11.8 Å². The van der Waals surface area contributed by atoms with Crippen molar-refractivity contribution in [1.82, 2.24) is 9.80 Å². The maximum absolute atomic E-state index is 12.3. The Kier molecular flexibility index (Phi) is 6.12. The van der Waals surface area contributed by atoms with Crippen LogP contribution in [0.25, 0.3) is 0 Å². The molecule has 0 bridgehead atoms. The average molecular weight is 320 g/mol. The van der Waals surface area contributed by atoms with E-state index in [0.29, 0.717) is 25.0 Å². The van der Waals surface area contributed by atoms with Gasteiger partial charge in [0.1, 0.15) is 0 Å². The summed E-state index contributed by atoms with van der Waals surface area (Å²) < 4.78 is 37.0. The lowest BCUT2D eigenvalue weighted by atomic mass is 9.95. The van der Waals surface area contributed by atoms with Crippen molar-refractivity contribution in [2.24, 2.45) is 0 Å². The van der Waals surface area contributed by atoms with Crippen LogP contribution < -0.4 is 0 Å². The zero-order chi connectivity index (χ0) is 16.2. The molecule has 128 valence electrons. The largest absolute Gasteiger partial charge is 0.389 e. The van der Waals surface area contributed by atoms with Gasteiger partial charge in [0, 0.05) is 31.5 Å². The van der Waals surface area contributed by atoms with E-state index in [1.165, 1.54) is 0 Å². The van der Waals surface area contributed by atoms with Crippen LogP contribution in [0.5, 0.6) is 0 Å². The predicted octanol–water partition coefficient (Wildman–Crippen LogP) is 3.58. The Bertz CT molecular complexity index is 373. The highest BCUT2D eigenvalue weighted by atomic mass is 19.4. The fraction of sp³-hybridized carbons (Fsp3) is 0.938. The molecule has 2 atom stereocenters. The Morgan fingerprint density at radius 2 is 2.05 bits per heavy atom. The van der Waals surface area contributed by atoms with Crippen LogP contribution in [0.1, 0.15) is 58.3 Å². The number of alkyl halides is 3. The van der Waals surface area contributed by atoms with Gasteiger partial charge in [-0.15, -0.1) is 0 Å². The first kappa shape index (κ1) is 17.6. The van der Waals surface area contributed by atoms with Crippen LogP contribution in [0.4, 0.5) is 13.2 Å². The van der Waals surface area contributed by atoms with Crippen molar-refractivity contribution in [2.75, 3.05) is 19.6 Å². The summed E-state index contributed by atoms with van der Waals surface area (Å²) in [4.78, 5) is 16.3. The highest BCUT2D eigenvalue weighted by Gasteiger charge is 2.34. The molecule has 0 radical (unpaired) electrons. The van der Waals surface area contributed by atoms with Crippen LogP contribution in [0, 0.1) is 0 Å². The second kappa shape index (κ2) is 7.66. The third-order valence-corrected chi connectivity index (χ3v) is 5.00. The summed E-state index contributed by atoms with van der Waals surface area (Å²) in [6.07, 6.45) is 0.795. The summed E-state index contributed by atoms with van der Waals surface area (Å²) in [5.41, 5.74) is 0. The van der Waals surface area contributed by atoms with Gasteiger partial charge in [-0.25, -0.2) is 0 Å². The van der Waals surface area contributed by atoms with E-state index in [9.17, 15) is 18.0 Å². The van der Waals surface area contributed by atoms with Gasteiger partial charge < -0.3 is 9.80 Å². The monoisotopic (exact) mass is 320 g/mol. The second-order valence-corrected chi connectivity index (χ2v) is 6.51. The Labute approximate surface area is 130 Å². The van der Waals surface area contributed by atoms with Gasteiger partial charge in [0.25, 0.3) is 0 Å². The smallest absolute Gasteiger partial charge is 0.340 e. The van der Waals surface area contributed by atoms with Gasteiger partial charge >= 0.3 is 6.18 Å². The quantitative estimate of drug-likeness (QED) is 0.773. The summed E-state index contributed by atoms with van der Waals surface area (Å²) >= 11 is 0. The lowest BCUT2D eigenvalue weighted by Crippen LogP contribution is -2.45. The molecule has 2 heterocycles. The van der Waals surface area contributed by atoms with Crippen molar-refractivity contribution in [2.45, 2.75) is 76.6 Å². The maximum Gasteiger partial charge on any atom is 0.389 e. The molecule has 2 fully saturated rings. The van der Waals surface area contributed by atoms with Crippen LogP contribution in [-0.4, -0.2) is 53.6 Å². The van der Waals surface area contributed by atoms with Crippen molar-refractivity contribution >= 4 is 5.91 Å². The summed E-state index contributed by atoms with van der Waals surface area (Å²) in [6.45, 7) is 4.16. The molecule has 6 heteroatoms. The average Bonchev–Trinajstić information content (AvgIpc) is 2.87. The second-order valence-electron chi connectivity index (χ2n) is 6.51. The minimum absolute atomic E-state index is 0.168. The molecule has 0 aromatic carbocycles. The molecule has 2 aliphatic rings. The van der Waals surface area contributed by atoms with Crippen LogP contribution in [0.2, 0.25) is 0 Å². The highest BCUT2D eigenvalue weighted by Crippen LogP contribution is 2.29. The Hall–Kier alpha value is -0.780. The molecule has 2 aliphatic heterocycles. The van der Waals surface area contributed by atoms with Gasteiger partial charge in [-0.2, -0.15) is 13.2 Å². The standard InChI is InChI=1S/C16H27F3N2O/c1-2-20(10-5-9-16(17,18)19)13-6-3-8-15(22)21-11-4-7-14(21)12-13/h13-14H,2-12H2,1H3/t13?,14-/m1/s1. The molecular formula is C16H27F3N2O. The van der Waals surface area contributed by atoms with E-state index in [-0.39, 0.29) is 12.3 Å². The number of halogens is 3. The number of hydrogen-bond acceptors (Lipinski definition) is 2. The molecule has 1 amide bonds. The third-order valence-electron chi connectivity index (χ3n) is 5.00. The van der Waals surface area contributed by atoms with Gasteiger partial charge in [-0.05, 0) is 51.6 Å². The Balaban J connectivity index is 1.91. The first-order chi connectivity index (χ1) is 10.4. The number of carbonyl (C=O) groups is 1. The molecule has 0 aromatic heterocycles.